The Hall–Kier alpha value is -2.23. The van der Waals surface area contributed by atoms with Crippen molar-refractivity contribution >= 4 is 16.7 Å². The van der Waals surface area contributed by atoms with E-state index >= 15 is 0 Å². The SMILES string of the molecule is COc1ccc(C(=O)O)c2c(O)cccc12. The number of aromatic hydroxyl groups is 1. The highest BCUT2D eigenvalue weighted by Gasteiger charge is 2.14. The maximum atomic E-state index is 11.0. The van der Waals surface area contributed by atoms with E-state index in [0.29, 0.717) is 16.5 Å². The molecule has 0 unspecified atom stereocenters. The highest BCUT2D eigenvalue weighted by atomic mass is 16.5. The Morgan fingerprint density at radius 2 is 2.00 bits per heavy atom. The van der Waals surface area contributed by atoms with Crippen molar-refractivity contribution in [3.05, 3.63) is 35.9 Å². The number of carboxylic acid groups (broad SMARTS) is 1. The van der Waals surface area contributed by atoms with Crippen molar-refractivity contribution in [1.82, 2.24) is 0 Å². The Labute approximate surface area is 91.7 Å². The van der Waals surface area contributed by atoms with E-state index in [9.17, 15) is 9.90 Å². The molecule has 0 bridgehead atoms. The molecule has 16 heavy (non-hydrogen) atoms. The molecule has 0 fully saturated rings. The average Bonchev–Trinajstić information content (AvgIpc) is 2.28. The van der Waals surface area contributed by atoms with E-state index < -0.39 is 5.97 Å². The van der Waals surface area contributed by atoms with Gasteiger partial charge in [-0.25, -0.2) is 4.79 Å². The standard InChI is InChI=1S/C12H10O4/c1-16-10-6-5-8(12(14)15)11-7(10)3-2-4-9(11)13/h2-6,13H,1H3,(H,14,15). The lowest BCUT2D eigenvalue weighted by atomic mass is 10.0. The molecule has 82 valence electrons. The second-order valence-corrected chi connectivity index (χ2v) is 3.32. The van der Waals surface area contributed by atoms with Gasteiger partial charge >= 0.3 is 5.97 Å². The molecule has 0 amide bonds. The van der Waals surface area contributed by atoms with Gasteiger partial charge in [-0.1, -0.05) is 12.1 Å². The van der Waals surface area contributed by atoms with Gasteiger partial charge in [-0.3, -0.25) is 0 Å². The van der Waals surface area contributed by atoms with E-state index in [2.05, 4.69) is 0 Å². The molecule has 0 saturated heterocycles. The number of methoxy groups -OCH3 is 1. The van der Waals surface area contributed by atoms with Crippen LogP contribution >= 0.6 is 0 Å². The van der Waals surface area contributed by atoms with E-state index in [1.165, 1.54) is 19.2 Å². The summed E-state index contributed by atoms with van der Waals surface area (Å²) in [4.78, 5) is 11.0. The Morgan fingerprint density at radius 1 is 1.25 bits per heavy atom. The highest BCUT2D eigenvalue weighted by Crippen LogP contribution is 2.34. The van der Waals surface area contributed by atoms with Crippen LogP contribution in [-0.4, -0.2) is 23.3 Å². The third kappa shape index (κ3) is 1.44. The van der Waals surface area contributed by atoms with Gasteiger partial charge < -0.3 is 14.9 Å². The Bertz CT molecular complexity index is 560. The average molecular weight is 218 g/mol. The Morgan fingerprint density at radius 3 is 2.62 bits per heavy atom. The van der Waals surface area contributed by atoms with Crippen LogP contribution in [0.5, 0.6) is 11.5 Å². The predicted molar refractivity (Wildman–Crippen MR) is 59.1 cm³/mol. The summed E-state index contributed by atoms with van der Waals surface area (Å²) >= 11 is 0. The van der Waals surface area contributed by atoms with Gasteiger partial charge in [0.2, 0.25) is 0 Å². The molecule has 0 aliphatic rings. The van der Waals surface area contributed by atoms with Gasteiger partial charge in [-0.15, -0.1) is 0 Å². The van der Waals surface area contributed by atoms with Crippen LogP contribution in [0.25, 0.3) is 10.8 Å². The van der Waals surface area contributed by atoms with Crippen LogP contribution in [0.1, 0.15) is 10.4 Å². The summed E-state index contributed by atoms with van der Waals surface area (Å²) in [6.45, 7) is 0. The maximum absolute atomic E-state index is 11.0. The first-order valence-corrected chi connectivity index (χ1v) is 4.67. The fourth-order valence-electron chi connectivity index (χ4n) is 1.72. The summed E-state index contributed by atoms with van der Waals surface area (Å²) in [6.07, 6.45) is 0. The first-order chi connectivity index (χ1) is 7.65. The molecule has 0 spiro atoms. The summed E-state index contributed by atoms with van der Waals surface area (Å²) in [6, 6.07) is 7.80. The summed E-state index contributed by atoms with van der Waals surface area (Å²) in [7, 11) is 1.50. The molecule has 0 atom stereocenters. The zero-order chi connectivity index (χ0) is 11.7. The van der Waals surface area contributed by atoms with Crippen LogP contribution in [0.15, 0.2) is 30.3 Å². The number of hydrogen-bond donors (Lipinski definition) is 2. The highest BCUT2D eigenvalue weighted by molar-refractivity contribution is 6.08. The number of hydrogen-bond acceptors (Lipinski definition) is 3. The van der Waals surface area contributed by atoms with Crippen LogP contribution in [0.4, 0.5) is 0 Å². The van der Waals surface area contributed by atoms with Gasteiger partial charge in [-0.05, 0) is 18.2 Å². The van der Waals surface area contributed by atoms with E-state index in [4.69, 9.17) is 9.84 Å². The molecular formula is C12H10O4. The monoisotopic (exact) mass is 218 g/mol. The molecule has 0 aromatic heterocycles. The van der Waals surface area contributed by atoms with Crippen LogP contribution in [0.3, 0.4) is 0 Å². The number of carboxylic acids is 1. The minimum absolute atomic E-state index is 0.0613. The number of ether oxygens (including phenoxy) is 1. The summed E-state index contributed by atoms with van der Waals surface area (Å²) in [5.74, 6) is -0.598. The summed E-state index contributed by atoms with van der Waals surface area (Å²) in [5, 5.41) is 19.6. The van der Waals surface area contributed by atoms with Gasteiger partial charge in [0.25, 0.3) is 0 Å². The second kappa shape index (κ2) is 3.73. The van der Waals surface area contributed by atoms with Crippen molar-refractivity contribution in [3.8, 4) is 11.5 Å². The van der Waals surface area contributed by atoms with Crippen molar-refractivity contribution in [3.63, 3.8) is 0 Å². The third-order valence-electron chi connectivity index (χ3n) is 2.43. The smallest absolute Gasteiger partial charge is 0.336 e. The van der Waals surface area contributed by atoms with E-state index in [-0.39, 0.29) is 11.3 Å². The minimum atomic E-state index is -1.07. The number of aromatic carboxylic acids is 1. The van der Waals surface area contributed by atoms with Crippen LogP contribution in [0.2, 0.25) is 0 Å². The predicted octanol–water partition coefficient (Wildman–Crippen LogP) is 2.25. The van der Waals surface area contributed by atoms with Gasteiger partial charge in [0.1, 0.15) is 11.5 Å². The van der Waals surface area contributed by atoms with Crippen LogP contribution in [-0.2, 0) is 0 Å². The molecular weight excluding hydrogens is 208 g/mol. The van der Waals surface area contributed by atoms with Crippen molar-refractivity contribution in [2.45, 2.75) is 0 Å². The molecule has 2 N–H and O–H groups in total. The first kappa shape index (κ1) is 10.3. The van der Waals surface area contributed by atoms with E-state index in [1.54, 1.807) is 18.2 Å². The van der Waals surface area contributed by atoms with E-state index in [0.717, 1.165) is 0 Å². The number of phenols is 1. The zero-order valence-electron chi connectivity index (χ0n) is 8.60. The third-order valence-corrected chi connectivity index (χ3v) is 2.43. The minimum Gasteiger partial charge on any atom is -0.507 e. The fourth-order valence-corrected chi connectivity index (χ4v) is 1.72. The van der Waals surface area contributed by atoms with Crippen molar-refractivity contribution in [1.29, 1.82) is 0 Å². The number of rotatable bonds is 2. The quantitative estimate of drug-likeness (QED) is 0.811. The topological polar surface area (TPSA) is 66.8 Å². The van der Waals surface area contributed by atoms with Crippen LogP contribution in [0, 0.1) is 0 Å². The number of fused-ring (bicyclic) bond motifs is 1. The summed E-state index contributed by atoms with van der Waals surface area (Å²) in [5.41, 5.74) is 0.0638. The maximum Gasteiger partial charge on any atom is 0.336 e. The molecule has 2 aromatic carbocycles. The van der Waals surface area contributed by atoms with Gasteiger partial charge in [0.05, 0.1) is 12.7 Å². The lowest BCUT2D eigenvalue weighted by Gasteiger charge is -2.09. The van der Waals surface area contributed by atoms with Crippen molar-refractivity contribution < 1.29 is 19.7 Å². The van der Waals surface area contributed by atoms with Crippen molar-refractivity contribution in [2.24, 2.45) is 0 Å². The molecule has 0 radical (unpaired) electrons. The normalized spacial score (nSPS) is 10.3. The number of phenolic OH excluding ortho intramolecular Hbond substituents is 1. The van der Waals surface area contributed by atoms with E-state index in [1.807, 2.05) is 0 Å². The molecule has 2 aromatic rings. The lowest BCUT2D eigenvalue weighted by Crippen LogP contribution is -1.98. The van der Waals surface area contributed by atoms with Gasteiger partial charge in [-0.2, -0.15) is 0 Å². The molecule has 2 rings (SSSR count). The number of carbonyl (C=O) groups is 1. The fraction of sp³-hybridized carbons (Fsp3) is 0.0833. The Balaban J connectivity index is 2.92. The first-order valence-electron chi connectivity index (χ1n) is 4.67. The molecule has 4 nitrogen and oxygen atoms in total. The molecule has 0 aliphatic heterocycles. The van der Waals surface area contributed by atoms with Gasteiger partial charge in [0.15, 0.2) is 0 Å². The largest absolute Gasteiger partial charge is 0.507 e. The van der Waals surface area contributed by atoms with Crippen LogP contribution < -0.4 is 4.74 Å². The molecule has 0 aliphatic carbocycles. The molecule has 4 heteroatoms. The molecule has 0 heterocycles. The lowest BCUT2D eigenvalue weighted by molar-refractivity contribution is 0.0699. The van der Waals surface area contributed by atoms with Crippen molar-refractivity contribution in [2.75, 3.05) is 7.11 Å². The summed E-state index contributed by atoms with van der Waals surface area (Å²) < 4.78 is 5.11. The second-order valence-electron chi connectivity index (χ2n) is 3.32. The zero-order valence-corrected chi connectivity index (χ0v) is 8.60. The number of benzene rings is 2. The van der Waals surface area contributed by atoms with Gasteiger partial charge in [0, 0.05) is 10.8 Å². The molecule has 0 saturated carbocycles. The Kier molecular flexibility index (Phi) is 2.40.